The normalized spacial score (nSPS) is 12.3. The van der Waals surface area contributed by atoms with E-state index >= 15 is 0 Å². The zero-order valence-electron chi connectivity index (χ0n) is 29.2. The third-order valence-corrected chi connectivity index (χ3v) is 12.4. The van der Waals surface area contributed by atoms with Gasteiger partial charge >= 0.3 is 17.1 Å². The zero-order chi connectivity index (χ0) is 35.7. The Morgan fingerprint density at radius 2 is 1.04 bits per heavy atom. The Kier molecular flexibility index (Phi) is 18.8. The van der Waals surface area contributed by atoms with Crippen LogP contribution < -0.4 is 48.3 Å². The minimum atomic E-state index is -2.11. The number of halogens is 1. The average molecular weight is 875 g/mol. The van der Waals surface area contributed by atoms with Crippen molar-refractivity contribution in [3.63, 3.8) is 0 Å². The van der Waals surface area contributed by atoms with Crippen LogP contribution >= 0.6 is 7.26 Å². The quantitative estimate of drug-likeness (QED) is 0.0320. The number of ether oxygens (including phenoxy) is 2. The number of amidine groups is 2. The molecule has 5 rings (SSSR count). The predicted octanol–water partition coefficient (Wildman–Crippen LogP) is 2.78. The van der Waals surface area contributed by atoms with E-state index in [1.165, 1.54) is 15.9 Å². The minimum absolute atomic E-state index is 0. The maximum absolute atomic E-state index is 6.49. The van der Waals surface area contributed by atoms with Crippen LogP contribution in [0.4, 0.5) is 0 Å². The van der Waals surface area contributed by atoms with Gasteiger partial charge in [-0.2, -0.15) is 10.2 Å². The fraction of sp³-hybridized carbons (Fsp3) is 0.150. The summed E-state index contributed by atoms with van der Waals surface area (Å²) in [6.07, 6.45) is 0.535. The van der Waals surface area contributed by atoms with Gasteiger partial charge in [-0.05, 0) is 77.9 Å². The van der Waals surface area contributed by atoms with E-state index < -0.39 is 7.26 Å². The Morgan fingerprint density at radius 1 is 0.604 bits per heavy atom. The molecule has 0 fully saturated rings. The molecule has 13 heteroatoms. The predicted molar refractivity (Wildman–Crippen MR) is 220 cm³/mol. The van der Waals surface area contributed by atoms with Crippen molar-refractivity contribution >= 4 is 70.2 Å². The summed E-state index contributed by atoms with van der Waals surface area (Å²) in [5, 5.41) is 28.0. The minimum Gasteiger partial charge on any atom is -1.00 e. The van der Waals surface area contributed by atoms with Crippen molar-refractivity contribution in [1.82, 2.24) is 10.6 Å². The van der Waals surface area contributed by atoms with Gasteiger partial charge in [0.25, 0.3) is 0 Å². The Balaban J connectivity index is 0.00000378. The molecule has 2 N–H and O–H groups in total. The van der Waals surface area contributed by atoms with Gasteiger partial charge in [0.2, 0.25) is 0 Å². The van der Waals surface area contributed by atoms with Gasteiger partial charge in [-0.25, -0.2) is 0 Å². The molecule has 5 aromatic carbocycles. The van der Waals surface area contributed by atoms with E-state index in [4.69, 9.17) is 34.7 Å². The Hall–Kier alpha value is -3.99. The summed E-state index contributed by atoms with van der Waals surface area (Å²) in [7, 11) is -0.418. The Labute approximate surface area is 345 Å². The topological polar surface area (TPSA) is 92.0 Å². The van der Waals surface area contributed by atoms with Crippen molar-refractivity contribution in [2.45, 2.75) is 6.92 Å². The maximum Gasteiger partial charge on any atom is 2.00 e. The van der Waals surface area contributed by atoms with Gasteiger partial charge in [-0.3, -0.25) is 0 Å². The molecule has 0 heterocycles. The number of nitrogens with one attached hydrogen (secondary N) is 2. The molecule has 0 saturated heterocycles. The molecule has 8 nitrogen and oxygen atoms in total. The first-order valence-electron chi connectivity index (χ1n) is 16.5. The van der Waals surface area contributed by atoms with Gasteiger partial charge in [0, 0.05) is 24.7 Å². The van der Waals surface area contributed by atoms with E-state index in [1.54, 1.807) is 7.05 Å². The standard InChI is InChI=1S/C40H41N6O2PS2.BrH.Cu/c1-3-48-33-26-24-32(25-27-33)38(43-45-39(50)41-2)37(31-16-8-4-9-17-31)44-46-40(51)42-28-29-47-30-49(34-18-10-5-11-19-34,35-20-12-6-13-21-35)36-22-14-7-15-23-36;;/h4-27H,3,28-30H2,1-2H3,(H3-,41,42,43,44,45,46,50,51);1H;/q;;+2/p-2. The van der Waals surface area contributed by atoms with E-state index in [2.05, 4.69) is 104 Å². The van der Waals surface area contributed by atoms with Crippen LogP contribution in [0.2, 0.25) is 0 Å². The van der Waals surface area contributed by atoms with Crippen LogP contribution in [0.5, 0.6) is 5.75 Å². The third-order valence-electron chi connectivity index (χ3n) is 7.80. The van der Waals surface area contributed by atoms with Gasteiger partial charge in [0.05, 0.1) is 13.2 Å². The van der Waals surface area contributed by atoms with E-state index in [0.717, 1.165) is 16.9 Å². The largest absolute Gasteiger partial charge is 2.00 e. The van der Waals surface area contributed by atoms with Crippen LogP contribution in [0.3, 0.4) is 0 Å². The molecule has 0 saturated carbocycles. The Bertz CT molecular complexity index is 1840. The third kappa shape index (κ3) is 12.0. The molecule has 0 aromatic heterocycles. The summed E-state index contributed by atoms with van der Waals surface area (Å²) < 4.78 is 12.1. The fourth-order valence-corrected chi connectivity index (χ4v) is 9.35. The fourth-order valence-electron chi connectivity index (χ4n) is 5.38. The van der Waals surface area contributed by atoms with Crippen molar-refractivity contribution in [1.29, 1.82) is 0 Å². The van der Waals surface area contributed by atoms with Gasteiger partial charge in [0.1, 0.15) is 40.3 Å². The van der Waals surface area contributed by atoms with Gasteiger partial charge in [-0.1, -0.05) is 84.9 Å². The second-order valence-electron chi connectivity index (χ2n) is 11.1. The van der Waals surface area contributed by atoms with Crippen molar-refractivity contribution in [3.8, 4) is 5.75 Å². The van der Waals surface area contributed by atoms with E-state index in [-0.39, 0.29) is 44.4 Å². The monoisotopic (exact) mass is 873 g/mol. The number of rotatable bonds is 15. The molecule has 0 aliphatic rings. The molecule has 0 unspecified atom stereocenters. The molecule has 53 heavy (non-hydrogen) atoms. The first-order chi connectivity index (χ1) is 25.0. The molecule has 5 aromatic rings. The van der Waals surface area contributed by atoms with Gasteiger partial charge in [0.15, 0.2) is 6.35 Å². The first-order valence-corrected chi connectivity index (χ1v) is 19.3. The maximum atomic E-state index is 6.49. The van der Waals surface area contributed by atoms with Crippen molar-refractivity contribution in [2.24, 2.45) is 20.4 Å². The van der Waals surface area contributed by atoms with Crippen LogP contribution in [0.1, 0.15) is 18.1 Å². The molecule has 0 aliphatic heterocycles. The van der Waals surface area contributed by atoms with Crippen molar-refractivity contribution in [2.75, 3.05) is 33.2 Å². The summed E-state index contributed by atoms with van der Waals surface area (Å²) >= 11 is 10.9. The van der Waals surface area contributed by atoms with Gasteiger partial charge in [-0.15, -0.1) is 10.2 Å². The summed E-state index contributed by atoms with van der Waals surface area (Å²) in [4.78, 5) is 0. The van der Waals surface area contributed by atoms with E-state index in [9.17, 15) is 0 Å². The van der Waals surface area contributed by atoms with Crippen LogP contribution in [0.15, 0.2) is 166 Å². The second-order valence-corrected chi connectivity index (χ2v) is 15.3. The smallest absolute Gasteiger partial charge is 1.00 e. The molecule has 277 valence electrons. The first kappa shape index (κ1) is 43.4. The molecule has 0 amide bonds. The number of hydrogen-bond donors (Lipinski definition) is 2. The molecule has 0 spiro atoms. The SMILES string of the molecule is CCOc1ccc(C(=NN=C([S-])NC)C(=NN=C([S-])NCCOC[P+](c2ccccc2)(c2ccccc2)c2ccccc2)c2ccccc2)cc1.[Br-].[Cu+2]. The van der Waals surface area contributed by atoms with E-state index in [1.807, 2.05) is 79.7 Å². The molecule has 0 atom stereocenters. The number of hydrogen-bond acceptors (Lipinski definition) is 8. The summed E-state index contributed by atoms with van der Waals surface area (Å²) in [6.45, 7) is 3.37. The summed E-state index contributed by atoms with van der Waals surface area (Å²) in [6, 6.07) is 49.1. The van der Waals surface area contributed by atoms with Crippen LogP contribution in [-0.2, 0) is 47.1 Å². The van der Waals surface area contributed by atoms with Crippen molar-refractivity contribution in [3.05, 3.63) is 157 Å². The van der Waals surface area contributed by atoms with Crippen LogP contribution in [0, 0.1) is 0 Å². The van der Waals surface area contributed by atoms with E-state index in [0.29, 0.717) is 37.5 Å². The van der Waals surface area contributed by atoms with Crippen molar-refractivity contribution < 1.29 is 43.5 Å². The average Bonchev–Trinajstić information content (AvgIpc) is 3.19. The van der Waals surface area contributed by atoms with Crippen LogP contribution in [0.25, 0.3) is 0 Å². The molecular formula is C40H40BrCuN6O2PS2. The molecule has 0 bridgehead atoms. The zero-order valence-corrected chi connectivity index (χ0v) is 34.3. The number of nitrogens with zero attached hydrogens (tertiary/aromatic N) is 4. The molecule has 0 aliphatic carbocycles. The Morgan fingerprint density at radius 3 is 1.49 bits per heavy atom. The number of benzene rings is 5. The van der Waals surface area contributed by atoms with Gasteiger partial charge < -0.3 is 62.3 Å². The second kappa shape index (κ2) is 22.9. The molecule has 1 radical (unpaired) electrons. The molecular weight excluding hydrogens is 835 g/mol. The summed E-state index contributed by atoms with van der Waals surface area (Å²) in [5.74, 6) is 0.745. The summed E-state index contributed by atoms with van der Waals surface area (Å²) in [5.41, 5.74) is 2.49. The van der Waals surface area contributed by atoms with Crippen LogP contribution in [-0.4, -0.2) is 54.9 Å².